The molecule has 1 N–H and O–H groups in total. The Morgan fingerprint density at radius 2 is 1.21 bits per heavy atom. The number of halogens is 11. The molecule has 1 fully saturated rings. The molecule has 1 aliphatic carbocycles. The van der Waals surface area contributed by atoms with Gasteiger partial charge in [-0.2, -0.15) is 43.9 Å². The third kappa shape index (κ3) is 2.52. The zero-order valence-corrected chi connectivity index (χ0v) is 14.0. The minimum absolute atomic E-state index is 0.164. The Morgan fingerprint density at radius 1 is 0.793 bits per heavy atom. The zero-order chi connectivity index (χ0) is 22.7. The molecule has 1 aliphatic rings. The monoisotopic (exact) mass is 445 g/mol. The van der Waals surface area contributed by atoms with Crippen molar-refractivity contribution in [3.05, 3.63) is 24.3 Å². The Labute approximate surface area is 154 Å². The van der Waals surface area contributed by atoms with Crippen LogP contribution < -0.4 is 10.1 Å². The molecule has 164 valence electrons. The normalized spacial score (nSPS) is 25.1. The first kappa shape index (κ1) is 23.0. The average Bonchev–Trinajstić information content (AvgIpc) is 2.60. The standard InChI is InChI=1S/C15H10F11NO2/c1-2-29-8-6-4-3-5-7(8)27-9(28)10(16)11(17,18)13(21,22)15(25,26)14(23,24)12(10,19)20/h3-6H,2H2,1H3,(H,27,28). The molecule has 0 saturated heterocycles. The van der Waals surface area contributed by atoms with Crippen LogP contribution in [0.25, 0.3) is 0 Å². The second-order valence-corrected chi connectivity index (χ2v) is 5.91. The van der Waals surface area contributed by atoms with Crippen molar-refractivity contribution in [1.29, 1.82) is 0 Å². The van der Waals surface area contributed by atoms with Gasteiger partial charge in [-0.25, -0.2) is 4.39 Å². The quantitative estimate of drug-likeness (QED) is 0.669. The second-order valence-electron chi connectivity index (χ2n) is 5.91. The summed E-state index contributed by atoms with van der Waals surface area (Å²) in [5, 5.41) is 1.01. The molecular weight excluding hydrogens is 435 g/mol. The number of rotatable bonds is 4. The van der Waals surface area contributed by atoms with Crippen molar-refractivity contribution in [2.24, 2.45) is 0 Å². The number of para-hydroxylation sites is 2. The highest BCUT2D eigenvalue weighted by Crippen LogP contribution is 2.69. The molecule has 1 amide bonds. The van der Waals surface area contributed by atoms with Crippen LogP contribution in [0.3, 0.4) is 0 Å². The Balaban J connectivity index is 2.67. The van der Waals surface area contributed by atoms with E-state index in [0.29, 0.717) is 0 Å². The molecule has 1 aromatic rings. The largest absolute Gasteiger partial charge is 0.492 e. The Morgan fingerprint density at radius 3 is 1.66 bits per heavy atom. The number of ether oxygens (including phenoxy) is 1. The van der Waals surface area contributed by atoms with Crippen LogP contribution in [0, 0.1) is 0 Å². The van der Waals surface area contributed by atoms with Crippen LogP contribution in [0.2, 0.25) is 0 Å². The van der Waals surface area contributed by atoms with Crippen molar-refractivity contribution in [2.75, 3.05) is 11.9 Å². The van der Waals surface area contributed by atoms with Crippen molar-refractivity contribution in [3.8, 4) is 5.75 Å². The van der Waals surface area contributed by atoms with Crippen LogP contribution in [0.4, 0.5) is 54.0 Å². The summed E-state index contributed by atoms with van der Waals surface area (Å²) in [6.07, 6.45) is 0. The van der Waals surface area contributed by atoms with E-state index < -0.39 is 52.6 Å². The average molecular weight is 445 g/mol. The second kappa shape index (κ2) is 6.36. The summed E-state index contributed by atoms with van der Waals surface area (Å²) in [5.41, 5.74) is -7.60. The molecule has 29 heavy (non-hydrogen) atoms. The van der Waals surface area contributed by atoms with Crippen molar-refractivity contribution >= 4 is 11.6 Å². The summed E-state index contributed by atoms with van der Waals surface area (Å²) >= 11 is 0. The molecule has 0 atom stereocenters. The fourth-order valence-electron chi connectivity index (χ4n) is 2.57. The lowest BCUT2D eigenvalue weighted by Gasteiger charge is -2.51. The van der Waals surface area contributed by atoms with E-state index >= 15 is 0 Å². The number of anilines is 1. The minimum atomic E-state index is -7.38. The lowest BCUT2D eigenvalue weighted by atomic mass is 9.71. The molecule has 0 aliphatic heterocycles. The first-order chi connectivity index (χ1) is 12.9. The number of nitrogens with one attached hydrogen (secondary N) is 1. The lowest BCUT2D eigenvalue weighted by Crippen LogP contribution is -2.86. The van der Waals surface area contributed by atoms with Gasteiger partial charge in [0.05, 0.1) is 12.3 Å². The summed E-state index contributed by atoms with van der Waals surface area (Å²) < 4.78 is 155. The third-order valence-electron chi connectivity index (χ3n) is 4.19. The highest BCUT2D eigenvalue weighted by atomic mass is 19.4. The molecule has 0 unspecified atom stereocenters. The van der Waals surface area contributed by atoms with Gasteiger partial charge in [-0.1, -0.05) is 12.1 Å². The van der Waals surface area contributed by atoms with E-state index in [0.717, 1.165) is 23.5 Å². The van der Waals surface area contributed by atoms with E-state index in [9.17, 15) is 53.1 Å². The van der Waals surface area contributed by atoms with Gasteiger partial charge in [-0.3, -0.25) is 4.79 Å². The molecular formula is C15H10F11NO2. The summed E-state index contributed by atoms with van der Waals surface area (Å²) in [4.78, 5) is 11.9. The number of hydrogen-bond acceptors (Lipinski definition) is 2. The van der Waals surface area contributed by atoms with Crippen LogP contribution in [0.5, 0.6) is 5.75 Å². The highest BCUT2D eigenvalue weighted by Gasteiger charge is 3.02. The number of hydrogen-bond donors (Lipinski definition) is 1. The highest BCUT2D eigenvalue weighted by molar-refractivity contribution is 6.00. The molecule has 1 saturated carbocycles. The van der Waals surface area contributed by atoms with Gasteiger partial charge < -0.3 is 10.1 Å². The maximum Gasteiger partial charge on any atom is 0.384 e. The van der Waals surface area contributed by atoms with Gasteiger partial charge in [0.1, 0.15) is 5.75 Å². The van der Waals surface area contributed by atoms with Gasteiger partial charge in [-0.15, -0.1) is 0 Å². The maximum absolute atomic E-state index is 14.6. The SMILES string of the molecule is CCOc1ccccc1NC(=O)C1(F)C(F)(F)C(F)(F)C(F)(F)C(F)(F)C1(F)F. The number of benzene rings is 1. The van der Waals surface area contributed by atoms with E-state index in [-0.39, 0.29) is 6.61 Å². The van der Waals surface area contributed by atoms with E-state index in [1.54, 1.807) is 0 Å². The van der Waals surface area contributed by atoms with Crippen molar-refractivity contribution in [3.63, 3.8) is 0 Å². The van der Waals surface area contributed by atoms with E-state index in [1.165, 1.54) is 13.0 Å². The Bertz CT molecular complexity index is 779. The number of carbonyl (C=O) groups is 1. The smallest absolute Gasteiger partial charge is 0.384 e. The summed E-state index contributed by atoms with van der Waals surface area (Å²) in [6.45, 7) is 1.20. The predicted octanol–water partition coefficient (Wildman–Crippen LogP) is 4.92. The fraction of sp³-hybridized carbons (Fsp3) is 0.533. The number of carbonyl (C=O) groups excluding carboxylic acids is 1. The molecule has 0 radical (unpaired) electrons. The summed E-state index contributed by atoms with van der Waals surface area (Å²) in [5.74, 6) is -40.4. The van der Waals surface area contributed by atoms with Gasteiger partial charge in [-0.05, 0) is 19.1 Å². The summed E-state index contributed by atoms with van der Waals surface area (Å²) in [7, 11) is 0. The van der Waals surface area contributed by atoms with Crippen LogP contribution in [-0.4, -0.2) is 47.8 Å². The Hall–Kier alpha value is -2.28. The summed E-state index contributed by atoms with van der Waals surface area (Å²) in [6, 6.07) is 3.98. The van der Waals surface area contributed by atoms with E-state index in [1.807, 2.05) is 0 Å². The first-order valence-electron chi connectivity index (χ1n) is 7.56. The van der Waals surface area contributed by atoms with Gasteiger partial charge in [0.2, 0.25) is 0 Å². The molecule has 0 spiro atoms. The number of amides is 1. The molecule has 3 nitrogen and oxygen atoms in total. The molecule has 0 heterocycles. The van der Waals surface area contributed by atoms with Gasteiger partial charge in [0.25, 0.3) is 5.91 Å². The molecule has 0 aromatic heterocycles. The zero-order valence-electron chi connectivity index (χ0n) is 14.0. The van der Waals surface area contributed by atoms with Crippen LogP contribution in [0.1, 0.15) is 6.92 Å². The third-order valence-corrected chi connectivity index (χ3v) is 4.19. The van der Waals surface area contributed by atoms with Crippen molar-refractivity contribution < 1.29 is 57.8 Å². The molecule has 2 rings (SSSR count). The minimum Gasteiger partial charge on any atom is -0.492 e. The topological polar surface area (TPSA) is 38.3 Å². The fourth-order valence-corrected chi connectivity index (χ4v) is 2.57. The van der Waals surface area contributed by atoms with Crippen LogP contribution >= 0.6 is 0 Å². The first-order valence-corrected chi connectivity index (χ1v) is 7.56. The molecule has 0 bridgehead atoms. The van der Waals surface area contributed by atoms with Crippen LogP contribution in [0.15, 0.2) is 24.3 Å². The van der Waals surface area contributed by atoms with E-state index in [4.69, 9.17) is 4.74 Å². The van der Waals surface area contributed by atoms with Gasteiger partial charge in [0.15, 0.2) is 0 Å². The predicted molar refractivity (Wildman–Crippen MR) is 74.8 cm³/mol. The molecule has 14 heteroatoms. The lowest BCUT2D eigenvalue weighted by molar-refractivity contribution is -0.475. The van der Waals surface area contributed by atoms with Crippen molar-refractivity contribution in [1.82, 2.24) is 0 Å². The maximum atomic E-state index is 14.6. The van der Waals surface area contributed by atoms with Gasteiger partial charge in [0, 0.05) is 0 Å². The number of alkyl halides is 11. The Kier molecular flexibility index (Phi) is 5.04. The van der Waals surface area contributed by atoms with Crippen molar-refractivity contribution in [2.45, 2.75) is 42.2 Å². The van der Waals surface area contributed by atoms with Crippen LogP contribution in [-0.2, 0) is 4.79 Å². The molecule has 1 aromatic carbocycles. The van der Waals surface area contributed by atoms with Gasteiger partial charge >= 0.3 is 35.3 Å². The van der Waals surface area contributed by atoms with E-state index in [2.05, 4.69) is 0 Å².